The summed E-state index contributed by atoms with van der Waals surface area (Å²) in [5.74, 6) is 1.06. The van der Waals surface area contributed by atoms with Gasteiger partial charge in [0.1, 0.15) is 5.39 Å². The first kappa shape index (κ1) is 21.7. The minimum atomic E-state index is -0.563. The minimum Gasteiger partial charge on any atom is -0.374 e. The molecule has 36 heavy (non-hydrogen) atoms. The van der Waals surface area contributed by atoms with E-state index in [-0.39, 0.29) is 11.6 Å². The fraction of sp³-hybridized carbons (Fsp3) is 0.385. The summed E-state index contributed by atoms with van der Waals surface area (Å²) in [6.45, 7) is 2.76. The molecular weight excluding hydrogens is 458 g/mol. The molecule has 0 atom stereocenters. The van der Waals surface area contributed by atoms with Crippen LogP contribution in [-0.2, 0) is 28.0 Å². The predicted molar refractivity (Wildman–Crippen MR) is 134 cm³/mol. The van der Waals surface area contributed by atoms with Crippen LogP contribution >= 0.6 is 0 Å². The van der Waals surface area contributed by atoms with Crippen LogP contribution in [0.5, 0.6) is 0 Å². The molecule has 1 aromatic carbocycles. The third-order valence-corrected chi connectivity index (χ3v) is 7.34. The Morgan fingerprint density at radius 2 is 2.06 bits per heavy atom. The van der Waals surface area contributed by atoms with E-state index >= 15 is 0 Å². The monoisotopic (exact) mass is 485 g/mol. The molecule has 10 nitrogen and oxygen atoms in total. The minimum absolute atomic E-state index is 0.0976. The average molecular weight is 486 g/mol. The Bertz CT molecular complexity index is 1530. The number of nitrogens with one attached hydrogen (secondary N) is 2. The number of hydrogen-bond donors (Lipinski definition) is 2. The number of aromatic nitrogens is 5. The molecule has 7 rings (SSSR count). The van der Waals surface area contributed by atoms with Gasteiger partial charge in [0.25, 0.3) is 5.56 Å². The van der Waals surface area contributed by atoms with Crippen LogP contribution in [0.2, 0.25) is 0 Å². The Morgan fingerprint density at radius 1 is 1.17 bits per heavy atom. The van der Waals surface area contributed by atoms with Crippen molar-refractivity contribution in [3.05, 3.63) is 69.8 Å². The van der Waals surface area contributed by atoms with Crippen molar-refractivity contribution in [1.82, 2.24) is 29.6 Å². The van der Waals surface area contributed by atoms with Gasteiger partial charge in [-0.05, 0) is 61.2 Å². The van der Waals surface area contributed by atoms with Gasteiger partial charge < -0.3 is 20.1 Å². The largest absolute Gasteiger partial charge is 0.374 e. The standard InChI is InChI=1S/C26H27N7O3/c1-35-26(14-36-15-26)21-3-2-4-22(30-21)33-23-20(24(34)32(33)19-7-8-19)13-28-25(31-23)29-18-6-5-16-9-10-27-12-17(16)11-18/h2-6,11,13,19,27H,7-10,12,14-15H2,1H3,(H,28,29,31). The molecule has 3 aromatic heterocycles. The lowest BCUT2D eigenvalue weighted by atomic mass is 9.97. The molecule has 1 aliphatic carbocycles. The number of anilines is 2. The maximum Gasteiger partial charge on any atom is 0.278 e. The van der Waals surface area contributed by atoms with Gasteiger partial charge in [-0.15, -0.1) is 0 Å². The van der Waals surface area contributed by atoms with Crippen LogP contribution in [0.15, 0.2) is 47.4 Å². The number of methoxy groups -OCH3 is 1. The van der Waals surface area contributed by atoms with Crippen molar-refractivity contribution < 1.29 is 9.47 Å². The van der Waals surface area contributed by atoms with E-state index in [0.29, 0.717) is 36.0 Å². The van der Waals surface area contributed by atoms with E-state index in [1.54, 1.807) is 18.0 Å². The van der Waals surface area contributed by atoms with Crippen molar-refractivity contribution in [2.75, 3.05) is 32.2 Å². The Morgan fingerprint density at radius 3 is 2.83 bits per heavy atom. The molecule has 2 fully saturated rings. The molecule has 3 aliphatic rings. The zero-order valence-electron chi connectivity index (χ0n) is 20.0. The molecule has 0 amide bonds. The lowest BCUT2D eigenvalue weighted by Gasteiger charge is -2.39. The van der Waals surface area contributed by atoms with Crippen molar-refractivity contribution in [2.45, 2.75) is 37.5 Å². The van der Waals surface area contributed by atoms with Crippen molar-refractivity contribution in [3.8, 4) is 5.82 Å². The topological polar surface area (TPSA) is 108 Å². The van der Waals surface area contributed by atoms with Crippen LogP contribution in [0.1, 0.15) is 35.7 Å². The van der Waals surface area contributed by atoms with Crippen molar-refractivity contribution in [1.29, 1.82) is 0 Å². The summed E-state index contributed by atoms with van der Waals surface area (Å²) in [7, 11) is 1.67. The van der Waals surface area contributed by atoms with Crippen LogP contribution in [0, 0.1) is 0 Å². The van der Waals surface area contributed by atoms with Crippen LogP contribution in [0.4, 0.5) is 11.6 Å². The fourth-order valence-corrected chi connectivity index (χ4v) is 5.07. The quantitative estimate of drug-likeness (QED) is 0.429. The van der Waals surface area contributed by atoms with Crippen molar-refractivity contribution >= 4 is 22.7 Å². The van der Waals surface area contributed by atoms with Crippen molar-refractivity contribution in [2.24, 2.45) is 0 Å². The normalized spacial score (nSPS) is 18.6. The smallest absolute Gasteiger partial charge is 0.278 e. The van der Waals surface area contributed by atoms with Gasteiger partial charge in [0.15, 0.2) is 17.1 Å². The molecule has 5 heterocycles. The summed E-state index contributed by atoms with van der Waals surface area (Å²) < 4.78 is 14.8. The summed E-state index contributed by atoms with van der Waals surface area (Å²) in [6, 6.07) is 12.2. The Labute approximate surface area is 207 Å². The van der Waals surface area contributed by atoms with E-state index < -0.39 is 5.60 Å². The first-order valence-corrected chi connectivity index (χ1v) is 12.4. The Kier molecular flexibility index (Phi) is 4.95. The van der Waals surface area contributed by atoms with Crippen LogP contribution in [-0.4, -0.2) is 51.2 Å². The third kappa shape index (κ3) is 3.44. The van der Waals surface area contributed by atoms with Gasteiger partial charge in [-0.1, -0.05) is 12.1 Å². The summed E-state index contributed by atoms with van der Waals surface area (Å²) in [4.78, 5) is 27.6. The zero-order chi connectivity index (χ0) is 24.3. The molecule has 2 N–H and O–H groups in total. The first-order chi connectivity index (χ1) is 17.6. The predicted octanol–water partition coefficient (Wildman–Crippen LogP) is 2.57. The second kappa shape index (κ2) is 8.22. The molecule has 2 aliphatic heterocycles. The number of benzene rings is 1. The molecule has 1 saturated heterocycles. The average Bonchev–Trinajstić information content (AvgIpc) is 3.68. The highest BCUT2D eigenvalue weighted by molar-refractivity contribution is 5.77. The molecule has 10 heteroatoms. The Balaban J connectivity index is 1.33. The number of ether oxygens (including phenoxy) is 2. The fourth-order valence-electron chi connectivity index (χ4n) is 5.07. The molecule has 0 spiro atoms. The van der Waals surface area contributed by atoms with Gasteiger partial charge in [-0.25, -0.2) is 19.3 Å². The van der Waals surface area contributed by atoms with Gasteiger partial charge in [0.05, 0.1) is 24.9 Å². The summed E-state index contributed by atoms with van der Waals surface area (Å²) in [5.41, 5.74) is 4.21. The lowest BCUT2D eigenvalue weighted by Crippen LogP contribution is -2.49. The van der Waals surface area contributed by atoms with E-state index in [2.05, 4.69) is 33.8 Å². The maximum absolute atomic E-state index is 13.4. The van der Waals surface area contributed by atoms with Crippen molar-refractivity contribution in [3.63, 3.8) is 0 Å². The van der Waals surface area contributed by atoms with E-state index in [1.807, 2.05) is 22.9 Å². The van der Waals surface area contributed by atoms with E-state index in [1.165, 1.54) is 11.1 Å². The second-order valence-corrected chi connectivity index (χ2v) is 9.73. The summed E-state index contributed by atoms with van der Waals surface area (Å²) in [6.07, 6.45) is 4.55. The van der Waals surface area contributed by atoms with E-state index in [9.17, 15) is 4.79 Å². The molecule has 0 bridgehead atoms. The second-order valence-electron chi connectivity index (χ2n) is 9.73. The van der Waals surface area contributed by atoms with E-state index in [0.717, 1.165) is 43.7 Å². The molecule has 4 aromatic rings. The number of pyridine rings is 1. The van der Waals surface area contributed by atoms with Crippen LogP contribution < -0.4 is 16.2 Å². The van der Waals surface area contributed by atoms with Crippen LogP contribution in [0.25, 0.3) is 16.9 Å². The van der Waals surface area contributed by atoms with Crippen LogP contribution in [0.3, 0.4) is 0 Å². The highest BCUT2D eigenvalue weighted by Crippen LogP contribution is 2.36. The molecule has 0 unspecified atom stereocenters. The third-order valence-electron chi connectivity index (χ3n) is 7.34. The molecular formula is C26H27N7O3. The first-order valence-electron chi connectivity index (χ1n) is 12.4. The molecule has 184 valence electrons. The van der Waals surface area contributed by atoms with Gasteiger partial charge >= 0.3 is 0 Å². The number of fused-ring (bicyclic) bond motifs is 2. The lowest BCUT2D eigenvalue weighted by molar-refractivity contribution is -0.204. The number of rotatable bonds is 6. The van der Waals surface area contributed by atoms with Gasteiger partial charge in [0, 0.05) is 25.5 Å². The Hall–Kier alpha value is -3.60. The zero-order valence-corrected chi connectivity index (χ0v) is 20.0. The molecule has 1 saturated carbocycles. The number of nitrogens with zero attached hydrogens (tertiary/aromatic N) is 5. The van der Waals surface area contributed by atoms with E-state index in [4.69, 9.17) is 19.4 Å². The highest BCUT2D eigenvalue weighted by atomic mass is 16.6. The molecule has 0 radical (unpaired) electrons. The van der Waals surface area contributed by atoms with Gasteiger partial charge in [0.2, 0.25) is 5.95 Å². The van der Waals surface area contributed by atoms with Gasteiger partial charge in [-0.2, -0.15) is 4.98 Å². The van der Waals surface area contributed by atoms with Gasteiger partial charge in [-0.3, -0.25) is 4.79 Å². The maximum atomic E-state index is 13.4. The SMILES string of the molecule is COC1(c2cccc(-n3c4nc(Nc5ccc6c(c5)CNCC6)ncc4c(=O)n3C3CC3)n2)COC1. The summed E-state index contributed by atoms with van der Waals surface area (Å²) >= 11 is 0. The highest BCUT2D eigenvalue weighted by Gasteiger charge is 2.42. The number of hydrogen-bond acceptors (Lipinski definition) is 8. The summed E-state index contributed by atoms with van der Waals surface area (Å²) in [5, 5.41) is 7.22.